The molecule has 0 bridgehead atoms. The first kappa shape index (κ1) is 14.5. The molecule has 1 unspecified atom stereocenters. The minimum atomic E-state index is -1.15. The molecule has 2 rings (SSSR count). The number of rotatable bonds is 3. The van der Waals surface area contributed by atoms with E-state index < -0.39 is 10.3 Å². The fourth-order valence-electron chi connectivity index (χ4n) is 2.63. The van der Waals surface area contributed by atoms with E-state index in [4.69, 9.17) is 11.6 Å². The zero-order valence-corrected chi connectivity index (χ0v) is 11.5. The summed E-state index contributed by atoms with van der Waals surface area (Å²) in [5.41, 5.74) is -0.894. The van der Waals surface area contributed by atoms with Gasteiger partial charge in [0.1, 0.15) is 5.41 Å². The van der Waals surface area contributed by atoms with Gasteiger partial charge in [-0.25, -0.2) is 0 Å². The van der Waals surface area contributed by atoms with Crippen LogP contribution in [-0.4, -0.2) is 10.7 Å². The van der Waals surface area contributed by atoms with Gasteiger partial charge >= 0.3 is 0 Å². The van der Waals surface area contributed by atoms with E-state index in [0.29, 0.717) is 23.4 Å². The van der Waals surface area contributed by atoms with Crippen molar-refractivity contribution in [3.63, 3.8) is 0 Å². The molecule has 0 spiro atoms. The van der Waals surface area contributed by atoms with Crippen molar-refractivity contribution in [1.29, 1.82) is 5.26 Å². The van der Waals surface area contributed by atoms with Crippen LogP contribution in [0.1, 0.15) is 31.2 Å². The molecule has 1 saturated carbocycles. The normalized spacial score (nSPS) is 22.3. The van der Waals surface area contributed by atoms with Crippen LogP contribution in [0.15, 0.2) is 18.2 Å². The van der Waals surface area contributed by atoms with Gasteiger partial charge in [-0.3, -0.25) is 14.9 Å². The molecule has 0 heterocycles. The summed E-state index contributed by atoms with van der Waals surface area (Å²) < 4.78 is 0. The number of Topliss-reactive ketones (excluding diaryl/α,β-unsaturated/α-hetero) is 1. The van der Waals surface area contributed by atoms with Crippen LogP contribution >= 0.6 is 11.6 Å². The number of benzene rings is 1. The minimum absolute atomic E-state index is 0.0548. The van der Waals surface area contributed by atoms with E-state index in [1.54, 1.807) is 0 Å². The van der Waals surface area contributed by atoms with E-state index in [-0.39, 0.29) is 17.9 Å². The molecule has 0 radical (unpaired) electrons. The lowest BCUT2D eigenvalue weighted by Crippen LogP contribution is -2.35. The maximum Gasteiger partial charge on any atom is 0.272 e. The minimum Gasteiger partial charge on any atom is -0.298 e. The molecule has 5 nitrogen and oxygen atoms in total. The highest BCUT2D eigenvalue weighted by atomic mass is 35.5. The lowest BCUT2D eigenvalue weighted by Gasteiger charge is -2.29. The number of ketones is 1. The lowest BCUT2D eigenvalue weighted by atomic mass is 9.70. The van der Waals surface area contributed by atoms with E-state index in [1.165, 1.54) is 18.2 Å². The zero-order valence-electron chi connectivity index (χ0n) is 10.8. The zero-order chi connectivity index (χ0) is 14.8. The van der Waals surface area contributed by atoms with E-state index in [9.17, 15) is 20.2 Å². The Morgan fingerprint density at radius 1 is 1.45 bits per heavy atom. The average Bonchev–Trinajstić information content (AvgIpc) is 2.41. The van der Waals surface area contributed by atoms with Crippen molar-refractivity contribution in [1.82, 2.24) is 0 Å². The summed E-state index contributed by atoms with van der Waals surface area (Å²) in [6, 6.07) is 6.31. The van der Waals surface area contributed by atoms with Crippen LogP contribution in [0.4, 0.5) is 5.69 Å². The molecule has 1 aromatic carbocycles. The van der Waals surface area contributed by atoms with Gasteiger partial charge in [-0.15, -0.1) is 0 Å². The first-order chi connectivity index (χ1) is 9.48. The molecule has 1 aliphatic carbocycles. The third-order valence-corrected chi connectivity index (χ3v) is 3.97. The molecular formula is C14H13ClN2O3. The fourth-order valence-corrected chi connectivity index (χ4v) is 2.83. The Kier molecular flexibility index (Phi) is 4.05. The smallest absolute Gasteiger partial charge is 0.272 e. The molecule has 20 heavy (non-hydrogen) atoms. The van der Waals surface area contributed by atoms with Crippen LogP contribution in [0.3, 0.4) is 0 Å². The summed E-state index contributed by atoms with van der Waals surface area (Å²) in [4.78, 5) is 22.6. The van der Waals surface area contributed by atoms with Crippen molar-refractivity contribution < 1.29 is 9.72 Å². The van der Waals surface area contributed by atoms with Gasteiger partial charge in [0.2, 0.25) is 0 Å². The van der Waals surface area contributed by atoms with Crippen LogP contribution in [-0.2, 0) is 11.2 Å². The van der Waals surface area contributed by atoms with Crippen molar-refractivity contribution in [2.45, 2.75) is 32.1 Å². The second-order valence-corrected chi connectivity index (χ2v) is 5.47. The Morgan fingerprint density at radius 3 is 2.80 bits per heavy atom. The number of nitrogens with zero attached hydrogens (tertiary/aromatic N) is 2. The van der Waals surface area contributed by atoms with Crippen LogP contribution < -0.4 is 0 Å². The molecule has 1 atom stereocenters. The Bertz CT molecular complexity index is 609. The highest BCUT2D eigenvalue weighted by molar-refractivity contribution is 6.30. The fraction of sp³-hybridized carbons (Fsp3) is 0.429. The highest BCUT2D eigenvalue weighted by Gasteiger charge is 2.41. The molecule has 0 saturated heterocycles. The molecule has 1 aromatic rings. The first-order valence-electron chi connectivity index (χ1n) is 6.36. The van der Waals surface area contributed by atoms with Crippen LogP contribution in [0.5, 0.6) is 0 Å². The Morgan fingerprint density at radius 2 is 2.20 bits per heavy atom. The maximum absolute atomic E-state index is 12.1. The summed E-state index contributed by atoms with van der Waals surface area (Å²) in [5, 5.41) is 20.8. The molecule has 1 fully saturated rings. The lowest BCUT2D eigenvalue weighted by molar-refractivity contribution is -0.385. The summed E-state index contributed by atoms with van der Waals surface area (Å²) >= 11 is 5.87. The second-order valence-electron chi connectivity index (χ2n) is 5.03. The number of carbonyl (C=O) groups excluding carboxylic acids is 1. The van der Waals surface area contributed by atoms with Crippen molar-refractivity contribution >= 4 is 23.1 Å². The molecule has 1 aliphatic rings. The van der Waals surface area contributed by atoms with Crippen molar-refractivity contribution in [2.24, 2.45) is 5.41 Å². The third kappa shape index (κ3) is 2.66. The first-order valence-corrected chi connectivity index (χ1v) is 6.74. The molecule has 0 N–H and O–H groups in total. The summed E-state index contributed by atoms with van der Waals surface area (Å²) in [5.74, 6) is -0.125. The topological polar surface area (TPSA) is 84.0 Å². The number of hydrogen-bond acceptors (Lipinski definition) is 4. The van der Waals surface area contributed by atoms with Gasteiger partial charge in [-0.2, -0.15) is 5.26 Å². The summed E-state index contributed by atoms with van der Waals surface area (Å²) in [6.07, 6.45) is 2.43. The predicted octanol–water partition coefficient (Wildman–Crippen LogP) is 3.44. The van der Waals surface area contributed by atoms with Gasteiger partial charge in [0.25, 0.3) is 5.69 Å². The molecule has 0 amide bonds. The average molecular weight is 293 g/mol. The Labute approximate surface area is 121 Å². The SMILES string of the molecule is N#CC1(Cc2cc(Cl)ccc2[N+](=O)[O-])CCCCC1=O. The molecule has 104 valence electrons. The van der Waals surface area contributed by atoms with Crippen molar-refractivity contribution in [3.05, 3.63) is 38.9 Å². The highest BCUT2D eigenvalue weighted by Crippen LogP contribution is 2.38. The number of halogens is 1. The molecule has 0 aromatic heterocycles. The summed E-state index contributed by atoms with van der Waals surface area (Å²) in [7, 11) is 0. The number of nitriles is 1. The third-order valence-electron chi connectivity index (χ3n) is 3.74. The largest absolute Gasteiger partial charge is 0.298 e. The van der Waals surface area contributed by atoms with Crippen LogP contribution in [0, 0.1) is 26.9 Å². The Balaban J connectivity index is 2.42. The second kappa shape index (κ2) is 5.59. The van der Waals surface area contributed by atoms with E-state index in [1.807, 2.05) is 0 Å². The van der Waals surface area contributed by atoms with Gasteiger partial charge in [-0.1, -0.05) is 18.0 Å². The van der Waals surface area contributed by atoms with E-state index >= 15 is 0 Å². The molecule has 6 heteroatoms. The van der Waals surface area contributed by atoms with Gasteiger partial charge in [0.05, 0.1) is 11.0 Å². The van der Waals surface area contributed by atoms with E-state index in [2.05, 4.69) is 6.07 Å². The number of nitro benzene ring substituents is 1. The predicted molar refractivity (Wildman–Crippen MR) is 73.3 cm³/mol. The van der Waals surface area contributed by atoms with Crippen molar-refractivity contribution in [2.75, 3.05) is 0 Å². The van der Waals surface area contributed by atoms with Crippen molar-refractivity contribution in [3.8, 4) is 6.07 Å². The maximum atomic E-state index is 12.1. The summed E-state index contributed by atoms with van der Waals surface area (Å²) in [6.45, 7) is 0. The van der Waals surface area contributed by atoms with Crippen LogP contribution in [0.25, 0.3) is 0 Å². The number of carbonyl (C=O) groups is 1. The van der Waals surface area contributed by atoms with Crippen LogP contribution in [0.2, 0.25) is 5.02 Å². The van der Waals surface area contributed by atoms with Gasteiger partial charge in [0.15, 0.2) is 5.78 Å². The van der Waals surface area contributed by atoms with E-state index in [0.717, 1.165) is 12.8 Å². The van der Waals surface area contributed by atoms with Gasteiger partial charge < -0.3 is 0 Å². The Hall–Kier alpha value is -1.93. The standard InChI is InChI=1S/C14H13ClN2O3/c15-11-4-5-12(17(19)20)10(7-11)8-14(9-16)6-2-1-3-13(14)18/h4-5,7H,1-3,6,8H2. The monoisotopic (exact) mass is 292 g/mol. The molecule has 0 aliphatic heterocycles. The number of nitro groups is 1. The number of hydrogen-bond donors (Lipinski definition) is 0. The quantitative estimate of drug-likeness (QED) is 0.631. The van der Waals surface area contributed by atoms with Gasteiger partial charge in [0, 0.05) is 29.5 Å². The van der Waals surface area contributed by atoms with Gasteiger partial charge in [-0.05, 0) is 25.0 Å². The molecular weight excluding hydrogens is 280 g/mol.